The fraction of sp³-hybridized carbons (Fsp3) is 0.538. The second-order valence-corrected chi connectivity index (χ2v) is 4.48. The maximum absolute atomic E-state index is 11.9. The number of ether oxygens (including phenoxy) is 1. The van der Waals surface area contributed by atoms with E-state index < -0.39 is 0 Å². The molecule has 1 aromatic rings. The summed E-state index contributed by atoms with van der Waals surface area (Å²) < 4.78 is 5.50. The number of nitrogens with one attached hydrogen (secondary N) is 2. The van der Waals surface area contributed by atoms with Crippen LogP contribution < -0.4 is 10.6 Å². The largest absolute Gasteiger partial charge is 0.375 e. The van der Waals surface area contributed by atoms with Crippen molar-refractivity contribution >= 4 is 5.91 Å². The molecule has 0 saturated carbocycles. The van der Waals surface area contributed by atoms with Gasteiger partial charge in [0.2, 0.25) is 5.91 Å². The van der Waals surface area contributed by atoms with Crippen LogP contribution >= 0.6 is 0 Å². The number of hydrogen-bond acceptors (Lipinski definition) is 4. The van der Waals surface area contributed by atoms with Crippen molar-refractivity contribution in [3.63, 3.8) is 0 Å². The highest BCUT2D eigenvalue weighted by molar-refractivity contribution is 5.76. The molecule has 2 heterocycles. The minimum atomic E-state index is -0.0252. The number of rotatable bonds is 4. The fourth-order valence-corrected chi connectivity index (χ4v) is 1.97. The third-order valence-electron chi connectivity index (χ3n) is 2.98. The zero-order chi connectivity index (χ0) is 12.8. The van der Waals surface area contributed by atoms with Crippen LogP contribution in [0, 0.1) is 0 Å². The highest BCUT2D eigenvalue weighted by atomic mass is 16.5. The Bertz CT molecular complexity index is 377. The number of carbonyl (C=O) groups excluding carboxylic acids is 1. The molecule has 5 heteroatoms. The highest BCUT2D eigenvalue weighted by Crippen LogP contribution is 2.10. The van der Waals surface area contributed by atoms with Crippen LogP contribution in [0.25, 0.3) is 0 Å². The van der Waals surface area contributed by atoms with Crippen LogP contribution in [0.15, 0.2) is 24.5 Å². The molecule has 5 nitrogen and oxygen atoms in total. The normalized spacial score (nSPS) is 21.3. The average molecular weight is 249 g/mol. The summed E-state index contributed by atoms with van der Waals surface area (Å²) >= 11 is 0. The Morgan fingerprint density at radius 3 is 3.28 bits per heavy atom. The second kappa shape index (κ2) is 6.47. The van der Waals surface area contributed by atoms with Crippen LogP contribution in [-0.4, -0.2) is 36.7 Å². The van der Waals surface area contributed by atoms with Crippen LogP contribution in [0.1, 0.15) is 24.9 Å². The minimum Gasteiger partial charge on any atom is -0.375 e. The summed E-state index contributed by atoms with van der Waals surface area (Å²) in [4.78, 5) is 15.9. The Kier molecular flexibility index (Phi) is 4.66. The third kappa shape index (κ3) is 3.78. The zero-order valence-electron chi connectivity index (χ0n) is 10.6. The monoisotopic (exact) mass is 249 g/mol. The molecule has 2 atom stereocenters. The Balaban J connectivity index is 1.80. The van der Waals surface area contributed by atoms with Crippen LogP contribution in [0.2, 0.25) is 0 Å². The van der Waals surface area contributed by atoms with Gasteiger partial charge < -0.3 is 15.4 Å². The molecule has 1 saturated heterocycles. The van der Waals surface area contributed by atoms with Crippen molar-refractivity contribution in [3.8, 4) is 0 Å². The smallest absolute Gasteiger partial charge is 0.223 e. The summed E-state index contributed by atoms with van der Waals surface area (Å²) in [5.41, 5.74) is 1.01. The first kappa shape index (κ1) is 13.0. The molecule has 1 fully saturated rings. The van der Waals surface area contributed by atoms with E-state index in [2.05, 4.69) is 15.6 Å². The Morgan fingerprint density at radius 2 is 2.61 bits per heavy atom. The number of morpholine rings is 1. The Morgan fingerprint density at radius 1 is 1.72 bits per heavy atom. The molecule has 1 aliphatic rings. The van der Waals surface area contributed by atoms with Gasteiger partial charge in [-0.25, -0.2) is 0 Å². The number of aromatic nitrogens is 1. The van der Waals surface area contributed by atoms with Gasteiger partial charge in [0.05, 0.1) is 25.2 Å². The highest BCUT2D eigenvalue weighted by Gasteiger charge is 2.18. The van der Waals surface area contributed by atoms with E-state index in [0.29, 0.717) is 13.0 Å². The first-order chi connectivity index (χ1) is 8.75. The Hall–Kier alpha value is -1.46. The first-order valence-corrected chi connectivity index (χ1v) is 6.27. The third-order valence-corrected chi connectivity index (χ3v) is 2.98. The molecule has 1 amide bonds. The van der Waals surface area contributed by atoms with Crippen molar-refractivity contribution in [2.45, 2.75) is 25.5 Å². The predicted molar refractivity (Wildman–Crippen MR) is 68.0 cm³/mol. The summed E-state index contributed by atoms with van der Waals surface area (Å²) in [6, 6.07) is 3.80. The van der Waals surface area contributed by atoms with E-state index in [1.807, 2.05) is 19.1 Å². The lowest BCUT2D eigenvalue weighted by molar-refractivity contribution is -0.125. The maximum Gasteiger partial charge on any atom is 0.223 e. The topological polar surface area (TPSA) is 63.2 Å². The van der Waals surface area contributed by atoms with E-state index in [1.54, 1.807) is 12.4 Å². The average Bonchev–Trinajstić information content (AvgIpc) is 2.40. The van der Waals surface area contributed by atoms with E-state index in [9.17, 15) is 4.79 Å². The van der Waals surface area contributed by atoms with E-state index in [1.165, 1.54) is 0 Å². The molecule has 0 radical (unpaired) electrons. The summed E-state index contributed by atoms with van der Waals surface area (Å²) in [6.45, 7) is 4.24. The number of amides is 1. The lowest BCUT2D eigenvalue weighted by Gasteiger charge is -2.24. The molecule has 1 aliphatic heterocycles. The van der Waals surface area contributed by atoms with Crippen molar-refractivity contribution in [1.82, 2.24) is 15.6 Å². The van der Waals surface area contributed by atoms with Crippen LogP contribution in [0.4, 0.5) is 0 Å². The van der Waals surface area contributed by atoms with Gasteiger partial charge in [-0.15, -0.1) is 0 Å². The molecular formula is C13H19N3O2. The van der Waals surface area contributed by atoms with Gasteiger partial charge in [0, 0.05) is 25.5 Å². The first-order valence-electron chi connectivity index (χ1n) is 6.27. The van der Waals surface area contributed by atoms with Gasteiger partial charge in [-0.05, 0) is 18.6 Å². The predicted octanol–water partition coefficient (Wildman–Crippen LogP) is 0.637. The summed E-state index contributed by atoms with van der Waals surface area (Å²) in [5, 5.41) is 6.17. The van der Waals surface area contributed by atoms with Gasteiger partial charge >= 0.3 is 0 Å². The molecule has 0 aliphatic carbocycles. The molecule has 2 rings (SSSR count). The molecule has 2 N–H and O–H groups in total. The number of carbonyl (C=O) groups is 1. The lowest BCUT2D eigenvalue weighted by Crippen LogP contribution is -2.41. The summed E-state index contributed by atoms with van der Waals surface area (Å²) in [7, 11) is 0. The minimum absolute atomic E-state index is 0.0139. The van der Waals surface area contributed by atoms with Crippen molar-refractivity contribution in [2.24, 2.45) is 0 Å². The van der Waals surface area contributed by atoms with E-state index in [-0.39, 0.29) is 18.1 Å². The molecule has 98 valence electrons. The lowest BCUT2D eigenvalue weighted by atomic mass is 10.1. The van der Waals surface area contributed by atoms with Gasteiger partial charge in [-0.3, -0.25) is 9.78 Å². The van der Waals surface area contributed by atoms with Gasteiger partial charge in [-0.1, -0.05) is 6.07 Å². The Labute approximate surface area is 107 Å². The van der Waals surface area contributed by atoms with Crippen LogP contribution in [-0.2, 0) is 9.53 Å². The summed E-state index contributed by atoms with van der Waals surface area (Å²) in [6.07, 6.45) is 3.88. The van der Waals surface area contributed by atoms with Crippen molar-refractivity contribution in [2.75, 3.05) is 19.7 Å². The number of nitrogens with zero attached hydrogens (tertiary/aromatic N) is 1. The second-order valence-electron chi connectivity index (χ2n) is 4.48. The molecule has 2 unspecified atom stereocenters. The maximum atomic E-state index is 11.9. The van der Waals surface area contributed by atoms with Gasteiger partial charge in [0.15, 0.2) is 0 Å². The standard InChI is InChI=1S/C13H19N3O2/c1-10(11-3-2-4-14-8-11)16-13(17)7-12-9-15-5-6-18-12/h2-4,8,10,12,15H,5-7,9H2,1H3,(H,16,17). The summed E-state index contributed by atoms with van der Waals surface area (Å²) in [5.74, 6) is 0.0139. The van der Waals surface area contributed by atoms with E-state index >= 15 is 0 Å². The van der Waals surface area contributed by atoms with E-state index in [4.69, 9.17) is 4.74 Å². The van der Waals surface area contributed by atoms with Crippen molar-refractivity contribution in [3.05, 3.63) is 30.1 Å². The molecule has 0 bridgehead atoms. The van der Waals surface area contributed by atoms with Crippen molar-refractivity contribution in [1.29, 1.82) is 0 Å². The van der Waals surface area contributed by atoms with E-state index in [0.717, 1.165) is 18.7 Å². The SMILES string of the molecule is CC(NC(=O)CC1CNCCO1)c1cccnc1. The molecule has 1 aromatic heterocycles. The fourth-order valence-electron chi connectivity index (χ4n) is 1.97. The van der Waals surface area contributed by atoms with Crippen molar-refractivity contribution < 1.29 is 9.53 Å². The molecule has 0 aromatic carbocycles. The van der Waals surface area contributed by atoms with Gasteiger partial charge in [0.1, 0.15) is 0 Å². The van der Waals surface area contributed by atoms with Crippen LogP contribution in [0.5, 0.6) is 0 Å². The number of pyridine rings is 1. The van der Waals surface area contributed by atoms with Gasteiger partial charge in [0.25, 0.3) is 0 Å². The zero-order valence-corrected chi connectivity index (χ0v) is 10.6. The number of hydrogen-bond donors (Lipinski definition) is 2. The molecular weight excluding hydrogens is 230 g/mol. The van der Waals surface area contributed by atoms with Crippen LogP contribution in [0.3, 0.4) is 0 Å². The molecule has 18 heavy (non-hydrogen) atoms. The quantitative estimate of drug-likeness (QED) is 0.822. The molecule has 0 spiro atoms. The van der Waals surface area contributed by atoms with Gasteiger partial charge in [-0.2, -0.15) is 0 Å².